The van der Waals surface area contributed by atoms with Gasteiger partial charge in [-0.3, -0.25) is 9.69 Å². The van der Waals surface area contributed by atoms with E-state index in [1.807, 2.05) is 6.07 Å². The molecule has 0 atom stereocenters. The van der Waals surface area contributed by atoms with Crippen molar-refractivity contribution in [2.75, 3.05) is 53.2 Å². The van der Waals surface area contributed by atoms with Crippen molar-refractivity contribution in [3.8, 4) is 5.75 Å². The third-order valence-corrected chi connectivity index (χ3v) is 4.42. The number of hydrogen-bond acceptors (Lipinski definition) is 5. The summed E-state index contributed by atoms with van der Waals surface area (Å²) in [6.45, 7) is 9.94. The first-order valence-electron chi connectivity index (χ1n) is 8.99. The van der Waals surface area contributed by atoms with E-state index in [1.54, 1.807) is 12.0 Å². The maximum absolute atomic E-state index is 12.4. The molecule has 6 nitrogen and oxygen atoms in total. The van der Waals surface area contributed by atoms with Crippen molar-refractivity contribution < 1.29 is 19.0 Å². The Morgan fingerprint density at radius 3 is 2.80 bits per heavy atom. The molecule has 0 radical (unpaired) electrons. The van der Waals surface area contributed by atoms with Gasteiger partial charge in [0.2, 0.25) is 5.91 Å². The summed E-state index contributed by atoms with van der Waals surface area (Å²) < 4.78 is 16.1. The Hall–Kier alpha value is -1.63. The fourth-order valence-electron chi connectivity index (χ4n) is 2.86. The molecule has 0 saturated heterocycles. The maximum atomic E-state index is 12.4. The predicted octanol–water partition coefficient (Wildman–Crippen LogP) is 1.91. The third kappa shape index (κ3) is 5.99. The zero-order valence-electron chi connectivity index (χ0n) is 15.6. The quantitative estimate of drug-likeness (QED) is 0.637. The molecule has 6 heteroatoms. The maximum Gasteiger partial charge on any atom is 0.248 e. The minimum absolute atomic E-state index is 0.0123. The molecule has 1 aromatic carbocycles. The van der Waals surface area contributed by atoms with E-state index in [4.69, 9.17) is 14.2 Å². The minimum atomic E-state index is -0.0123. The van der Waals surface area contributed by atoms with Crippen molar-refractivity contribution in [1.82, 2.24) is 9.80 Å². The van der Waals surface area contributed by atoms with Crippen LogP contribution in [0.2, 0.25) is 0 Å². The van der Waals surface area contributed by atoms with Crippen LogP contribution in [-0.2, 0) is 27.4 Å². The van der Waals surface area contributed by atoms with Gasteiger partial charge in [-0.25, -0.2) is 0 Å². The van der Waals surface area contributed by atoms with E-state index < -0.39 is 0 Å². The first-order valence-corrected chi connectivity index (χ1v) is 8.99. The van der Waals surface area contributed by atoms with Gasteiger partial charge in [0.15, 0.2) is 0 Å². The van der Waals surface area contributed by atoms with Crippen LogP contribution in [0.5, 0.6) is 5.75 Å². The van der Waals surface area contributed by atoms with Crippen LogP contribution in [0.1, 0.15) is 25.0 Å². The smallest absolute Gasteiger partial charge is 0.248 e. The number of amides is 1. The highest BCUT2D eigenvalue weighted by molar-refractivity contribution is 5.77. The SMILES string of the molecule is CCN(CC)Cc1ccc2c(c1)CN(C(=O)COCCOC)CCO2. The summed E-state index contributed by atoms with van der Waals surface area (Å²) in [4.78, 5) is 16.5. The number of carbonyl (C=O) groups excluding carboxylic acids is 1. The van der Waals surface area contributed by atoms with Crippen molar-refractivity contribution in [3.05, 3.63) is 29.3 Å². The third-order valence-electron chi connectivity index (χ3n) is 4.42. The van der Waals surface area contributed by atoms with Gasteiger partial charge in [0, 0.05) is 25.8 Å². The van der Waals surface area contributed by atoms with Gasteiger partial charge in [-0.1, -0.05) is 19.9 Å². The topological polar surface area (TPSA) is 51.2 Å². The van der Waals surface area contributed by atoms with Crippen LogP contribution in [-0.4, -0.2) is 68.9 Å². The van der Waals surface area contributed by atoms with E-state index in [0.717, 1.165) is 30.9 Å². The summed E-state index contributed by atoms with van der Waals surface area (Å²) in [6, 6.07) is 6.30. The molecule has 140 valence electrons. The molecule has 2 rings (SSSR count). The summed E-state index contributed by atoms with van der Waals surface area (Å²) in [5.41, 5.74) is 2.31. The molecular formula is C19H30N2O4. The lowest BCUT2D eigenvalue weighted by atomic mass is 10.1. The molecule has 0 fully saturated rings. The molecule has 0 aromatic heterocycles. The highest BCUT2D eigenvalue weighted by atomic mass is 16.5. The van der Waals surface area contributed by atoms with Crippen LogP contribution in [0.3, 0.4) is 0 Å². The first kappa shape index (κ1) is 19.7. The number of nitrogens with zero attached hydrogens (tertiary/aromatic N) is 2. The van der Waals surface area contributed by atoms with Crippen molar-refractivity contribution >= 4 is 5.91 Å². The van der Waals surface area contributed by atoms with Crippen LogP contribution in [0.15, 0.2) is 18.2 Å². The second-order valence-corrected chi connectivity index (χ2v) is 6.11. The second-order valence-electron chi connectivity index (χ2n) is 6.11. The van der Waals surface area contributed by atoms with E-state index in [9.17, 15) is 4.79 Å². The van der Waals surface area contributed by atoms with Gasteiger partial charge in [0.25, 0.3) is 0 Å². The van der Waals surface area contributed by atoms with Gasteiger partial charge in [-0.05, 0) is 30.8 Å². The number of fused-ring (bicyclic) bond motifs is 1. The van der Waals surface area contributed by atoms with E-state index in [0.29, 0.717) is 32.9 Å². The van der Waals surface area contributed by atoms with Crippen molar-refractivity contribution in [1.29, 1.82) is 0 Å². The highest BCUT2D eigenvalue weighted by Crippen LogP contribution is 2.25. The summed E-state index contributed by atoms with van der Waals surface area (Å²) >= 11 is 0. The Morgan fingerprint density at radius 2 is 2.08 bits per heavy atom. The average Bonchev–Trinajstić information content (AvgIpc) is 2.85. The molecule has 1 aliphatic rings. The molecule has 25 heavy (non-hydrogen) atoms. The first-order chi connectivity index (χ1) is 12.2. The van der Waals surface area contributed by atoms with Gasteiger partial charge < -0.3 is 19.1 Å². The molecule has 1 amide bonds. The molecule has 1 heterocycles. The van der Waals surface area contributed by atoms with Gasteiger partial charge in [-0.2, -0.15) is 0 Å². The predicted molar refractivity (Wildman–Crippen MR) is 96.7 cm³/mol. The molecule has 0 spiro atoms. The zero-order valence-corrected chi connectivity index (χ0v) is 15.6. The van der Waals surface area contributed by atoms with Crippen LogP contribution >= 0.6 is 0 Å². The van der Waals surface area contributed by atoms with Gasteiger partial charge in [0.1, 0.15) is 19.0 Å². The summed E-state index contributed by atoms with van der Waals surface area (Å²) in [6.07, 6.45) is 0. The van der Waals surface area contributed by atoms with E-state index >= 15 is 0 Å². The van der Waals surface area contributed by atoms with Crippen molar-refractivity contribution in [2.45, 2.75) is 26.9 Å². The van der Waals surface area contributed by atoms with Gasteiger partial charge in [0.05, 0.1) is 19.8 Å². The molecule has 0 aliphatic carbocycles. The lowest BCUT2D eigenvalue weighted by Crippen LogP contribution is -2.35. The van der Waals surface area contributed by atoms with Crippen LogP contribution in [0.4, 0.5) is 0 Å². The number of ether oxygens (including phenoxy) is 3. The fraction of sp³-hybridized carbons (Fsp3) is 0.632. The van der Waals surface area contributed by atoms with E-state index in [1.165, 1.54) is 5.56 Å². The number of carbonyl (C=O) groups is 1. The monoisotopic (exact) mass is 350 g/mol. The van der Waals surface area contributed by atoms with E-state index in [-0.39, 0.29) is 12.5 Å². The fourth-order valence-corrected chi connectivity index (χ4v) is 2.86. The Kier molecular flexibility index (Phi) is 8.18. The standard InChI is InChI=1S/C19H30N2O4/c1-4-20(5-2)13-16-6-7-18-17(12-16)14-21(8-9-25-18)19(22)15-24-11-10-23-3/h6-7,12H,4-5,8-11,13-15H2,1-3H3. The summed E-state index contributed by atoms with van der Waals surface area (Å²) in [5.74, 6) is 0.862. The van der Waals surface area contributed by atoms with Crippen molar-refractivity contribution in [3.63, 3.8) is 0 Å². The number of rotatable bonds is 9. The largest absolute Gasteiger partial charge is 0.491 e. The van der Waals surface area contributed by atoms with Crippen LogP contribution in [0, 0.1) is 0 Å². The molecule has 0 bridgehead atoms. The average molecular weight is 350 g/mol. The second kappa shape index (κ2) is 10.4. The lowest BCUT2D eigenvalue weighted by molar-refractivity contribution is -0.137. The van der Waals surface area contributed by atoms with Crippen LogP contribution < -0.4 is 4.74 Å². The number of hydrogen-bond donors (Lipinski definition) is 0. The Labute approximate surface area is 150 Å². The normalized spacial score (nSPS) is 14.2. The van der Waals surface area contributed by atoms with Crippen LogP contribution in [0.25, 0.3) is 0 Å². The van der Waals surface area contributed by atoms with Crippen molar-refractivity contribution in [2.24, 2.45) is 0 Å². The molecule has 1 aliphatic heterocycles. The Balaban J connectivity index is 2.00. The number of methoxy groups -OCH3 is 1. The van der Waals surface area contributed by atoms with Gasteiger partial charge in [-0.15, -0.1) is 0 Å². The molecular weight excluding hydrogens is 320 g/mol. The Bertz CT molecular complexity index is 546. The molecule has 0 N–H and O–H groups in total. The number of benzene rings is 1. The summed E-state index contributed by atoms with van der Waals surface area (Å²) in [5, 5.41) is 0. The highest BCUT2D eigenvalue weighted by Gasteiger charge is 2.20. The molecule has 1 aromatic rings. The lowest BCUT2D eigenvalue weighted by Gasteiger charge is -2.21. The minimum Gasteiger partial charge on any atom is -0.491 e. The molecule has 0 unspecified atom stereocenters. The Morgan fingerprint density at radius 1 is 1.28 bits per heavy atom. The van der Waals surface area contributed by atoms with Gasteiger partial charge >= 0.3 is 0 Å². The molecule has 0 saturated carbocycles. The zero-order chi connectivity index (χ0) is 18.1. The van der Waals surface area contributed by atoms with E-state index in [2.05, 4.69) is 30.9 Å². The summed E-state index contributed by atoms with van der Waals surface area (Å²) in [7, 11) is 1.62.